The van der Waals surface area contributed by atoms with E-state index in [4.69, 9.17) is 10.5 Å². The first kappa shape index (κ1) is 11.3. The van der Waals surface area contributed by atoms with Gasteiger partial charge in [0.15, 0.2) is 11.5 Å². The first-order valence-electron chi connectivity index (χ1n) is 5.62. The van der Waals surface area contributed by atoms with E-state index in [0.717, 1.165) is 36.0 Å². The minimum atomic E-state index is -0.0947. The Balaban J connectivity index is 2.43. The van der Waals surface area contributed by atoms with Crippen LogP contribution in [-0.2, 0) is 6.42 Å². The molecular formula is C13H19NO2. The Kier molecular flexibility index (Phi) is 2.58. The molecular weight excluding hydrogens is 202 g/mol. The summed E-state index contributed by atoms with van der Waals surface area (Å²) >= 11 is 0. The molecule has 1 aromatic carbocycles. The van der Waals surface area contributed by atoms with Gasteiger partial charge in [-0.25, -0.2) is 0 Å². The third-order valence-corrected chi connectivity index (χ3v) is 3.39. The number of rotatable bonds is 3. The zero-order valence-electron chi connectivity index (χ0n) is 10.1. The zero-order chi connectivity index (χ0) is 11.9. The SMILES string of the molecule is COc1c(C)cc(C)c(CC2(N)CC2)c1O. The van der Waals surface area contributed by atoms with Crippen molar-refractivity contribution in [2.24, 2.45) is 5.73 Å². The van der Waals surface area contributed by atoms with Crippen LogP contribution in [0.2, 0.25) is 0 Å². The Morgan fingerprint density at radius 2 is 2.00 bits per heavy atom. The first-order valence-corrected chi connectivity index (χ1v) is 5.62. The molecule has 0 aromatic heterocycles. The predicted molar refractivity (Wildman–Crippen MR) is 64.0 cm³/mol. The van der Waals surface area contributed by atoms with E-state index in [1.54, 1.807) is 7.11 Å². The van der Waals surface area contributed by atoms with Gasteiger partial charge in [0.25, 0.3) is 0 Å². The minimum Gasteiger partial charge on any atom is -0.504 e. The lowest BCUT2D eigenvalue weighted by Gasteiger charge is -2.17. The van der Waals surface area contributed by atoms with Crippen molar-refractivity contribution in [3.05, 3.63) is 22.8 Å². The topological polar surface area (TPSA) is 55.5 Å². The maximum absolute atomic E-state index is 10.2. The van der Waals surface area contributed by atoms with Gasteiger partial charge in [-0.2, -0.15) is 0 Å². The van der Waals surface area contributed by atoms with Crippen molar-refractivity contribution in [1.82, 2.24) is 0 Å². The van der Waals surface area contributed by atoms with Gasteiger partial charge in [-0.3, -0.25) is 0 Å². The van der Waals surface area contributed by atoms with Crippen LogP contribution in [0, 0.1) is 13.8 Å². The number of methoxy groups -OCH3 is 1. The van der Waals surface area contributed by atoms with Crippen molar-refractivity contribution in [2.45, 2.75) is 38.6 Å². The van der Waals surface area contributed by atoms with E-state index in [2.05, 4.69) is 0 Å². The standard InChI is InChI=1S/C13H19NO2/c1-8-6-9(2)12(16-3)11(15)10(8)7-13(14)4-5-13/h6,15H,4-5,7,14H2,1-3H3. The van der Waals surface area contributed by atoms with Crippen LogP contribution in [0.5, 0.6) is 11.5 Å². The molecule has 0 unspecified atom stereocenters. The second kappa shape index (κ2) is 3.67. The van der Waals surface area contributed by atoms with Crippen molar-refractivity contribution < 1.29 is 9.84 Å². The molecule has 1 aromatic rings. The number of phenols is 1. The quantitative estimate of drug-likeness (QED) is 0.821. The summed E-state index contributed by atoms with van der Waals surface area (Å²) in [6, 6.07) is 2.04. The van der Waals surface area contributed by atoms with Crippen LogP contribution >= 0.6 is 0 Å². The van der Waals surface area contributed by atoms with Crippen molar-refractivity contribution in [1.29, 1.82) is 0 Å². The highest BCUT2D eigenvalue weighted by Gasteiger charge is 2.39. The average molecular weight is 221 g/mol. The second-order valence-electron chi connectivity index (χ2n) is 4.91. The maximum Gasteiger partial charge on any atom is 0.163 e. The van der Waals surface area contributed by atoms with E-state index in [1.807, 2.05) is 19.9 Å². The normalized spacial score (nSPS) is 17.2. The molecule has 3 N–H and O–H groups in total. The lowest BCUT2D eigenvalue weighted by molar-refractivity contribution is 0.366. The molecule has 0 aliphatic heterocycles. The first-order chi connectivity index (χ1) is 7.47. The van der Waals surface area contributed by atoms with E-state index in [0.29, 0.717) is 5.75 Å². The van der Waals surface area contributed by atoms with Gasteiger partial charge in [-0.05, 0) is 44.2 Å². The minimum absolute atomic E-state index is 0.0947. The zero-order valence-corrected chi connectivity index (χ0v) is 10.1. The Labute approximate surface area is 96.2 Å². The molecule has 1 aliphatic carbocycles. The molecule has 1 saturated carbocycles. The molecule has 0 bridgehead atoms. The third-order valence-electron chi connectivity index (χ3n) is 3.39. The molecule has 0 spiro atoms. The molecule has 0 atom stereocenters. The van der Waals surface area contributed by atoms with Gasteiger partial charge < -0.3 is 15.6 Å². The van der Waals surface area contributed by atoms with Crippen LogP contribution in [0.3, 0.4) is 0 Å². The Hall–Kier alpha value is -1.22. The molecule has 3 heteroatoms. The van der Waals surface area contributed by atoms with E-state index < -0.39 is 0 Å². The summed E-state index contributed by atoms with van der Waals surface area (Å²) in [5.41, 5.74) is 8.98. The molecule has 88 valence electrons. The van der Waals surface area contributed by atoms with Crippen LogP contribution in [0.1, 0.15) is 29.5 Å². The van der Waals surface area contributed by atoms with Crippen LogP contribution in [-0.4, -0.2) is 17.8 Å². The summed E-state index contributed by atoms with van der Waals surface area (Å²) in [4.78, 5) is 0. The molecule has 16 heavy (non-hydrogen) atoms. The molecule has 0 amide bonds. The van der Waals surface area contributed by atoms with Crippen LogP contribution in [0.4, 0.5) is 0 Å². The largest absolute Gasteiger partial charge is 0.504 e. The number of hydrogen-bond acceptors (Lipinski definition) is 3. The summed E-state index contributed by atoms with van der Waals surface area (Å²) in [7, 11) is 1.58. The third kappa shape index (κ3) is 1.87. The monoisotopic (exact) mass is 221 g/mol. The molecule has 0 heterocycles. The van der Waals surface area contributed by atoms with Gasteiger partial charge in [0, 0.05) is 11.1 Å². The van der Waals surface area contributed by atoms with Gasteiger partial charge in [-0.1, -0.05) is 6.07 Å². The van der Waals surface area contributed by atoms with E-state index in [-0.39, 0.29) is 11.3 Å². The molecule has 0 saturated heterocycles. The lowest BCUT2D eigenvalue weighted by Crippen LogP contribution is -2.25. The smallest absolute Gasteiger partial charge is 0.163 e. The van der Waals surface area contributed by atoms with Gasteiger partial charge in [-0.15, -0.1) is 0 Å². The fourth-order valence-electron chi connectivity index (χ4n) is 2.16. The van der Waals surface area contributed by atoms with Gasteiger partial charge >= 0.3 is 0 Å². The van der Waals surface area contributed by atoms with Crippen LogP contribution in [0.15, 0.2) is 6.07 Å². The van der Waals surface area contributed by atoms with Crippen molar-refractivity contribution in [3.63, 3.8) is 0 Å². The van der Waals surface area contributed by atoms with Gasteiger partial charge in [0.1, 0.15) is 0 Å². The van der Waals surface area contributed by atoms with Crippen molar-refractivity contribution in [3.8, 4) is 11.5 Å². The van der Waals surface area contributed by atoms with Crippen molar-refractivity contribution in [2.75, 3.05) is 7.11 Å². The Bertz CT molecular complexity index is 422. The van der Waals surface area contributed by atoms with E-state index in [9.17, 15) is 5.11 Å². The lowest BCUT2D eigenvalue weighted by atomic mass is 9.96. The maximum atomic E-state index is 10.2. The van der Waals surface area contributed by atoms with Gasteiger partial charge in [0.05, 0.1) is 7.11 Å². The molecule has 0 radical (unpaired) electrons. The van der Waals surface area contributed by atoms with Crippen molar-refractivity contribution >= 4 is 0 Å². The summed E-state index contributed by atoms with van der Waals surface area (Å²) in [6.07, 6.45) is 2.82. The summed E-state index contributed by atoms with van der Waals surface area (Å²) in [5.74, 6) is 0.835. The molecule has 1 aliphatic rings. The Morgan fingerprint density at radius 1 is 1.38 bits per heavy atom. The highest BCUT2D eigenvalue weighted by molar-refractivity contribution is 5.54. The Morgan fingerprint density at radius 3 is 2.50 bits per heavy atom. The van der Waals surface area contributed by atoms with Crippen LogP contribution in [0.25, 0.3) is 0 Å². The highest BCUT2D eigenvalue weighted by atomic mass is 16.5. The van der Waals surface area contributed by atoms with E-state index >= 15 is 0 Å². The number of ether oxygens (including phenoxy) is 1. The fourth-order valence-corrected chi connectivity index (χ4v) is 2.16. The number of aromatic hydroxyl groups is 1. The number of phenolic OH excluding ortho intramolecular Hbond substituents is 1. The number of aryl methyl sites for hydroxylation is 2. The number of hydrogen-bond donors (Lipinski definition) is 2. The predicted octanol–water partition coefficient (Wildman–Crippen LogP) is 2.05. The summed E-state index contributed by atoms with van der Waals surface area (Å²) in [5, 5.41) is 10.2. The number of nitrogens with two attached hydrogens (primary N) is 1. The highest BCUT2D eigenvalue weighted by Crippen LogP contribution is 2.42. The summed E-state index contributed by atoms with van der Waals surface area (Å²) < 4.78 is 5.22. The number of benzene rings is 1. The van der Waals surface area contributed by atoms with E-state index in [1.165, 1.54) is 0 Å². The molecule has 3 nitrogen and oxygen atoms in total. The molecule has 2 rings (SSSR count). The average Bonchev–Trinajstić information content (AvgIpc) is 2.92. The fraction of sp³-hybridized carbons (Fsp3) is 0.538. The van der Waals surface area contributed by atoms with Gasteiger partial charge in [0.2, 0.25) is 0 Å². The summed E-state index contributed by atoms with van der Waals surface area (Å²) in [6.45, 7) is 3.94. The molecule has 1 fully saturated rings. The van der Waals surface area contributed by atoms with Crippen LogP contribution < -0.4 is 10.5 Å². The second-order valence-corrected chi connectivity index (χ2v) is 4.91.